The maximum atomic E-state index is 13.8. The molecule has 1 fully saturated rings. The third-order valence-corrected chi connectivity index (χ3v) is 5.42. The van der Waals surface area contributed by atoms with Gasteiger partial charge in [0.05, 0.1) is 6.04 Å². The predicted octanol–water partition coefficient (Wildman–Crippen LogP) is 2.98. The fourth-order valence-electron chi connectivity index (χ4n) is 3.50. The average Bonchev–Trinajstić information content (AvgIpc) is 2.78. The molecule has 9 heteroatoms. The molecular formula is C22H33FIN7. The number of nitrogens with one attached hydrogen (secondary N) is 2. The summed E-state index contributed by atoms with van der Waals surface area (Å²) in [7, 11) is 1.75. The number of guanidine groups is 1. The first-order valence-electron chi connectivity index (χ1n) is 10.5. The van der Waals surface area contributed by atoms with Gasteiger partial charge in [0.1, 0.15) is 5.82 Å². The summed E-state index contributed by atoms with van der Waals surface area (Å²) in [5, 5.41) is 6.69. The van der Waals surface area contributed by atoms with Crippen molar-refractivity contribution in [3.8, 4) is 0 Å². The van der Waals surface area contributed by atoms with E-state index in [0.29, 0.717) is 5.56 Å². The van der Waals surface area contributed by atoms with Crippen molar-refractivity contribution in [3.63, 3.8) is 0 Å². The van der Waals surface area contributed by atoms with Crippen LogP contribution in [0.4, 0.5) is 10.3 Å². The Balaban J connectivity index is 0.00000341. The number of aryl methyl sites for hydroxylation is 1. The Morgan fingerprint density at radius 1 is 1.19 bits per heavy atom. The van der Waals surface area contributed by atoms with Crippen molar-refractivity contribution in [2.75, 3.05) is 51.2 Å². The van der Waals surface area contributed by atoms with E-state index in [-0.39, 0.29) is 35.8 Å². The van der Waals surface area contributed by atoms with Gasteiger partial charge in [-0.05, 0) is 50.1 Å². The van der Waals surface area contributed by atoms with Crippen LogP contribution in [0.15, 0.2) is 41.7 Å². The topological polar surface area (TPSA) is 68.7 Å². The van der Waals surface area contributed by atoms with Gasteiger partial charge in [-0.2, -0.15) is 0 Å². The standard InChI is InChI=1S/C22H32FN7.HI/c1-17-6-7-19(16-20(17)23)18(2)28-21(24-3)25-10-5-11-29-12-14-30(15-13-29)22-26-8-4-9-27-22;/h4,6-9,16,18H,5,10-15H2,1-3H3,(H2,24,25,28);1H. The van der Waals surface area contributed by atoms with Crippen LogP contribution in [0, 0.1) is 12.7 Å². The molecule has 1 atom stereocenters. The number of aromatic nitrogens is 2. The molecule has 0 radical (unpaired) electrons. The van der Waals surface area contributed by atoms with Crippen LogP contribution >= 0.6 is 24.0 Å². The van der Waals surface area contributed by atoms with Crippen LogP contribution in [-0.4, -0.2) is 67.1 Å². The van der Waals surface area contributed by atoms with Gasteiger partial charge in [0, 0.05) is 52.2 Å². The first-order valence-corrected chi connectivity index (χ1v) is 10.5. The van der Waals surface area contributed by atoms with Crippen molar-refractivity contribution < 1.29 is 4.39 Å². The van der Waals surface area contributed by atoms with Crippen LogP contribution < -0.4 is 15.5 Å². The molecular weight excluding hydrogens is 508 g/mol. The van der Waals surface area contributed by atoms with Crippen LogP contribution in [0.3, 0.4) is 0 Å². The van der Waals surface area contributed by atoms with Gasteiger partial charge in [-0.15, -0.1) is 24.0 Å². The highest BCUT2D eigenvalue weighted by molar-refractivity contribution is 14.0. The molecule has 7 nitrogen and oxygen atoms in total. The lowest BCUT2D eigenvalue weighted by Crippen LogP contribution is -2.47. The van der Waals surface area contributed by atoms with Crippen molar-refractivity contribution >= 4 is 35.9 Å². The molecule has 2 heterocycles. The SMILES string of the molecule is CN=C(NCCCN1CCN(c2ncccn2)CC1)NC(C)c1ccc(C)c(F)c1.I. The molecule has 1 unspecified atom stereocenters. The third kappa shape index (κ3) is 7.57. The number of nitrogens with zero attached hydrogens (tertiary/aromatic N) is 5. The van der Waals surface area contributed by atoms with Crippen LogP contribution in [0.2, 0.25) is 0 Å². The highest BCUT2D eigenvalue weighted by Gasteiger charge is 2.18. The zero-order valence-electron chi connectivity index (χ0n) is 18.5. The zero-order chi connectivity index (χ0) is 21.3. The molecule has 1 aliphatic rings. The molecule has 1 aliphatic heterocycles. The molecule has 0 saturated carbocycles. The molecule has 2 N–H and O–H groups in total. The van der Waals surface area contributed by atoms with E-state index in [9.17, 15) is 4.39 Å². The molecule has 2 aromatic rings. The number of piperazine rings is 1. The Kier molecular flexibility index (Phi) is 10.4. The van der Waals surface area contributed by atoms with Crippen LogP contribution in [0.5, 0.6) is 0 Å². The Morgan fingerprint density at radius 2 is 1.90 bits per heavy atom. The van der Waals surface area contributed by atoms with E-state index < -0.39 is 0 Å². The Bertz CT molecular complexity index is 826. The number of hydrogen-bond donors (Lipinski definition) is 2. The average molecular weight is 541 g/mol. The van der Waals surface area contributed by atoms with Crippen molar-refractivity contribution in [1.82, 2.24) is 25.5 Å². The Labute approximate surface area is 201 Å². The largest absolute Gasteiger partial charge is 0.356 e. The second-order valence-electron chi connectivity index (χ2n) is 7.60. The van der Waals surface area contributed by atoms with Gasteiger partial charge in [-0.1, -0.05) is 12.1 Å². The minimum atomic E-state index is -0.178. The van der Waals surface area contributed by atoms with Crippen molar-refractivity contribution in [2.24, 2.45) is 4.99 Å². The Hall–Kier alpha value is -2.01. The van der Waals surface area contributed by atoms with E-state index in [1.807, 2.05) is 25.1 Å². The monoisotopic (exact) mass is 541 g/mol. The molecule has 1 saturated heterocycles. The molecule has 1 aromatic heterocycles. The highest BCUT2D eigenvalue weighted by Crippen LogP contribution is 2.16. The van der Waals surface area contributed by atoms with Gasteiger partial charge in [-0.25, -0.2) is 14.4 Å². The highest BCUT2D eigenvalue weighted by atomic mass is 127. The van der Waals surface area contributed by atoms with Crippen LogP contribution in [-0.2, 0) is 0 Å². The van der Waals surface area contributed by atoms with E-state index >= 15 is 0 Å². The number of rotatable bonds is 7. The molecule has 0 bridgehead atoms. The van der Waals surface area contributed by atoms with Crippen LogP contribution in [0.1, 0.15) is 30.5 Å². The fourth-order valence-corrected chi connectivity index (χ4v) is 3.50. The minimum absolute atomic E-state index is 0. The summed E-state index contributed by atoms with van der Waals surface area (Å²) in [6.45, 7) is 9.57. The number of hydrogen-bond acceptors (Lipinski definition) is 5. The third-order valence-electron chi connectivity index (χ3n) is 5.42. The van der Waals surface area contributed by atoms with Gasteiger partial charge in [0.2, 0.25) is 5.95 Å². The molecule has 3 rings (SSSR count). The van der Waals surface area contributed by atoms with Gasteiger partial charge in [-0.3, -0.25) is 9.89 Å². The minimum Gasteiger partial charge on any atom is -0.356 e. The van der Waals surface area contributed by atoms with E-state index in [2.05, 4.69) is 35.4 Å². The maximum absolute atomic E-state index is 13.8. The lowest BCUT2D eigenvalue weighted by Gasteiger charge is -2.34. The predicted molar refractivity (Wildman–Crippen MR) is 135 cm³/mol. The molecule has 0 spiro atoms. The summed E-state index contributed by atoms with van der Waals surface area (Å²) < 4.78 is 13.8. The van der Waals surface area contributed by atoms with Crippen LogP contribution in [0.25, 0.3) is 0 Å². The number of halogens is 2. The summed E-state index contributed by atoms with van der Waals surface area (Å²) in [5.41, 5.74) is 1.56. The number of aliphatic imine (C=N–C) groups is 1. The van der Waals surface area contributed by atoms with Crippen molar-refractivity contribution in [1.29, 1.82) is 0 Å². The summed E-state index contributed by atoms with van der Waals surface area (Å²) in [4.78, 5) is 17.7. The van der Waals surface area contributed by atoms with Gasteiger partial charge >= 0.3 is 0 Å². The fraction of sp³-hybridized carbons (Fsp3) is 0.500. The lowest BCUT2D eigenvalue weighted by molar-refractivity contribution is 0.254. The second-order valence-corrected chi connectivity index (χ2v) is 7.60. The quantitative estimate of drug-likeness (QED) is 0.243. The second kappa shape index (κ2) is 12.7. The van der Waals surface area contributed by atoms with E-state index in [4.69, 9.17) is 0 Å². The van der Waals surface area contributed by atoms with Gasteiger partial charge < -0.3 is 15.5 Å². The maximum Gasteiger partial charge on any atom is 0.225 e. The van der Waals surface area contributed by atoms with E-state index in [1.165, 1.54) is 0 Å². The molecule has 170 valence electrons. The molecule has 0 amide bonds. The normalized spacial score (nSPS) is 15.9. The first-order chi connectivity index (χ1) is 14.6. The molecule has 31 heavy (non-hydrogen) atoms. The van der Waals surface area contributed by atoms with E-state index in [0.717, 1.165) is 63.2 Å². The Morgan fingerprint density at radius 3 is 2.55 bits per heavy atom. The van der Waals surface area contributed by atoms with E-state index in [1.54, 1.807) is 32.4 Å². The summed E-state index contributed by atoms with van der Waals surface area (Å²) in [6, 6.07) is 7.15. The van der Waals surface area contributed by atoms with Crippen molar-refractivity contribution in [2.45, 2.75) is 26.3 Å². The lowest BCUT2D eigenvalue weighted by atomic mass is 10.1. The number of benzene rings is 1. The zero-order valence-corrected chi connectivity index (χ0v) is 20.8. The first kappa shape index (κ1) is 25.3. The van der Waals surface area contributed by atoms with Gasteiger partial charge in [0.15, 0.2) is 5.96 Å². The van der Waals surface area contributed by atoms with Crippen molar-refractivity contribution in [3.05, 3.63) is 53.6 Å². The molecule has 1 aromatic carbocycles. The summed E-state index contributed by atoms with van der Waals surface area (Å²) >= 11 is 0. The summed E-state index contributed by atoms with van der Waals surface area (Å²) in [5.74, 6) is 1.37. The smallest absolute Gasteiger partial charge is 0.225 e. The number of anilines is 1. The van der Waals surface area contributed by atoms with Gasteiger partial charge in [0.25, 0.3) is 0 Å². The summed E-state index contributed by atoms with van der Waals surface area (Å²) in [6.07, 6.45) is 4.60. The molecule has 0 aliphatic carbocycles.